The van der Waals surface area contributed by atoms with Crippen molar-refractivity contribution in [2.45, 2.75) is 50.4 Å². The molecule has 2 N–H and O–H groups in total. The number of nitrogens with one attached hydrogen (secondary N) is 2. The van der Waals surface area contributed by atoms with Gasteiger partial charge in [0, 0.05) is 56.0 Å². The van der Waals surface area contributed by atoms with E-state index >= 15 is 0 Å². The maximum absolute atomic E-state index is 13.5. The number of carbonyl (C=O) groups excluding carboxylic acids is 1. The number of rotatable bonds is 4. The molecule has 12 heteroatoms. The number of hydrogen-bond acceptors (Lipinski definition) is 5. The van der Waals surface area contributed by atoms with Gasteiger partial charge >= 0.3 is 12.2 Å². The van der Waals surface area contributed by atoms with Crippen molar-refractivity contribution in [3.05, 3.63) is 24.7 Å². The van der Waals surface area contributed by atoms with Gasteiger partial charge in [0.1, 0.15) is 12.2 Å². The van der Waals surface area contributed by atoms with Crippen LogP contribution < -0.4 is 10.2 Å². The second kappa shape index (κ2) is 8.93. The number of halogens is 3. The number of likely N-dealkylation sites (tertiary alicyclic amines) is 1. The topological polar surface area (TPSA) is 85.3 Å². The molecule has 5 heterocycles. The number of piperazine rings is 1. The Morgan fingerprint density at radius 2 is 1.89 bits per heavy atom. The van der Waals surface area contributed by atoms with Gasteiger partial charge in [-0.05, 0) is 45.2 Å². The SMILES string of the molecule is CN1CCN(c2cn(CC(F)(F)F)c3cc(-c4[nH]ncc4NC(=O)N4CCCCC45CC5)ncc23)CC1. The number of fused-ring (bicyclic) bond motifs is 1. The maximum atomic E-state index is 13.5. The number of aromatic nitrogens is 4. The Hall–Kier alpha value is -3.28. The summed E-state index contributed by atoms with van der Waals surface area (Å²) < 4.78 is 41.7. The highest BCUT2D eigenvalue weighted by atomic mass is 19.4. The van der Waals surface area contributed by atoms with Crippen LogP contribution in [0.5, 0.6) is 0 Å². The molecule has 6 rings (SSSR count). The van der Waals surface area contributed by atoms with Crippen LogP contribution >= 0.6 is 0 Å². The summed E-state index contributed by atoms with van der Waals surface area (Å²) in [5.74, 6) is 0. The zero-order chi connectivity index (χ0) is 25.8. The number of pyridine rings is 1. The van der Waals surface area contributed by atoms with Crippen LogP contribution in [0.4, 0.5) is 29.3 Å². The second-order valence-corrected chi connectivity index (χ2v) is 10.6. The van der Waals surface area contributed by atoms with E-state index in [4.69, 9.17) is 0 Å². The molecule has 3 aromatic heterocycles. The Morgan fingerprint density at radius 1 is 1.11 bits per heavy atom. The summed E-state index contributed by atoms with van der Waals surface area (Å²) in [6.45, 7) is 2.78. The van der Waals surface area contributed by atoms with Crippen LogP contribution in [0.25, 0.3) is 22.3 Å². The number of H-pyrrole nitrogens is 1. The van der Waals surface area contributed by atoms with Crippen molar-refractivity contribution in [2.24, 2.45) is 0 Å². The summed E-state index contributed by atoms with van der Waals surface area (Å²) in [6, 6.07) is 1.48. The van der Waals surface area contributed by atoms with E-state index in [2.05, 4.69) is 30.3 Å². The lowest BCUT2D eigenvalue weighted by Gasteiger charge is -2.36. The number of anilines is 2. The summed E-state index contributed by atoms with van der Waals surface area (Å²) in [6.07, 6.45) is 5.57. The highest BCUT2D eigenvalue weighted by Crippen LogP contribution is 2.48. The third kappa shape index (κ3) is 4.62. The number of likely N-dealkylation sites (N-methyl/N-ethyl adjacent to an activating group) is 1. The van der Waals surface area contributed by atoms with Crippen LogP contribution in [0.1, 0.15) is 32.1 Å². The van der Waals surface area contributed by atoms with Gasteiger partial charge in [0.2, 0.25) is 0 Å². The molecule has 3 fully saturated rings. The third-order valence-electron chi connectivity index (χ3n) is 8.00. The minimum atomic E-state index is -4.37. The molecule has 2 amide bonds. The third-order valence-corrected chi connectivity index (χ3v) is 8.00. The van der Waals surface area contributed by atoms with E-state index in [1.165, 1.54) is 10.8 Å². The van der Waals surface area contributed by atoms with Crippen molar-refractivity contribution in [1.82, 2.24) is 29.5 Å². The quantitative estimate of drug-likeness (QED) is 0.541. The van der Waals surface area contributed by atoms with E-state index < -0.39 is 12.7 Å². The molecule has 2 saturated heterocycles. The Bertz CT molecular complexity index is 1300. The smallest absolute Gasteiger partial charge is 0.367 e. The first kappa shape index (κ1) is 24.1. The number of hydrogen-bond donors (Lipinski definition) is 2. The average Bonchev–Trinajstić information content (AvgIpc) is 3.31. The molecule has 0 bridgehead atoms. The lowest BCUT2D eigenvalue weighted by molar-refractivity contribution is -0.139. The fraction of sp³-hybridized carbons (Fsp3) is 0.560. The van der Waals surface area contributed by atoms with Crippen LogP contribution in [-0.2, 0) is 6.54 Å². The largest absolute Gasteiger partial charge is 0.406 e. The van der Waals surface area contributed by atoms with Gasteiger partial charge in [0.25, 0.3) is 0 Å². The molecule has 0 aromatic carbocycles. The summed E-state index contributed by atoms with van der Waals surface area (Å²) in [4.78, 5) is 24.0. The van der Waals surface area contributed by atoms with Gasteiger partial charge < -0.3 is 24.6 Å². The van der Waals surface area contributed by atoms with Gasteiger partial charge in [0.15, 0.2) is 0 Å². The zero-order valence-electron chi connectivity index (χ0n) is 20.8. The van der Waals surface area contributed by atoms with Crippen molar-refractivity contribution in [2.75, 3.05) is 50.0 Å². The molecule has 9 nitrogen and oxygen atoms in total. The Labute approximate surface area is 212 Å². The monoisotopic (exact) mass is 516 g/mol. The Kier molecular flexibility index (Phi) is 5.81. The first-order valence-electron chi connectivity index (χ1n) is 12.8. The molecule has 2 aliphatic heterocycles. The number of carbonyl (C=O) groups is 1. The second-order valence-electron chi connectivity index (χ2n) is 10.6. The van der Waals surface area contributed by atoms with Gasteiger partial charge in [-0.25, -0.2) is 4.79 Å². The summed E-state index contributed by atoms with van der Waals surface area (Å²) in [7, 11) is 2.04. The summed E-state index contributed by atoms with van der Waals surface area (Å²) in [5.41, 5.74) is 2.54. The molecule has 1 spiro atoms. The van der Waals surface area contributed by atoms with Crippen LogP contribution in [0.3, 0.4) is 0 Å². The predicted octanol–water partition coefficient (Wildman–Crippen LogP) is 4.29. The zero-order valence-corrected chi connectivity index (χ0v) is 20.8. The van der Waals surface area contributed by atoms with Gasteiger partial charge in [0.05, 0.1) is 28.8 Å². The van der Waals surface area contributed by atoms with E-state index in [9.17, 15) is 18.0 Å². The van der Waals surface area contributed by atoms with Crippen LogP contribution in [-0.4, -0.2) is 87.1 Å². The van der Waals surface area contributed by atoms with E-state index in [-0.39, 0.29) is 11.6 Å². The van der Waals surface area contributed by atoms with Crippen molar-refractivity contribution >= 4 is 28.3 Å². The van der Waals surface area contributed by atoms with Crippen LogP contribution in [0.2, 0.25) is 0 Å². The highest BCUT2D eigenvalue weighted by Gasteiger charge is 2.51. The minimum absolute atomic E-state index is 0.0124. The molecule has 37 heavy (non-hydrogen) atoms. The molecule has 3 aliphatic rings. The maximum Gasteiger partial charge on any atom is 0.406 e. The predicted molar refractivity (Wildman–Crippen MR) is 135 cm³/mol. The molecule has 1 saturated carbocycles. The van der Waals surface area contributed by atoms with Gasteiger partial charge in [-0.1, -0.05) is 0 Å². The first-order valence-corrected chi connectivity index (χ1v) is 12.8. The standard InChI is InChI=1S/C25H31F3N8O/c1-33-8-10-34(11-9-33)21-15-35(16-25(26,27)28)20-12-18(29-13-17(20)21)22-19(14-30-32-22)31-23(37)36-7-3-2-4-24(36)5-6-24/h12-15H,2-11,16H2,1H3,(H,30,32)(H,31,37). The minimum Gasteiger partial charge on any atom is -0.367 e. The molecular formula is C25H31F3N8O. The Morgan fingerprint density at radius 3 is 2.62 bits per heavy atom. The number of urea groups is 1. The summed E-state index contributed by atoms with van der Waals surface area (Å²) >= 11 is 0. The van der Waals surface area contributed by atoms with Crippen LogP contribution in [0, 0.1) is 0 Å². The number of amides is 2. The van der Waals surface area contributed by atoms with Crippen molar-refractivity contribution in [3.63, 3.8) is 0 Å². The molecule has 198 valence electrons. The molecule has 3 aromatic rings. The lowest BCUT2D eigenvalue weighted by atomic mass is 10.0. The Balaban J connectivity index is 1.32. The van der Waals surface area contributed by atoms with E-state index in [1.807, 2.05) is 11.9 Å². The molecule has 0 atom stereocenters. The van der Waals surface area contributed by atoms with E-state index in [0.29, 0.717) is 28.0 Å². The summed E-state index contributed by atoms with van der Waals surface area (Å²) in [5, 5.41) is 10.6. The highest BCUT2D eigenvalue weighted by molar-refractivity contribution is 5.97. The van der Waals surface area contributed by atoms with Gasteiger partial charge in [-0.3, -0.25) is 10.1 Å². The fourth-order valence-electron chi connectivity index (χ4n) is 5.76. The fourth-order valence-corrected chi connectivity index (χ4v) is 5.76. The molecule has 0 radical (unpaired) electrons. The van der Waals surface area contributed by atoms with Gasteiger partial charge in [-0.2, -0.15) is 18.3 Å². The molecule has 0 unspecified atom stereocenters. The average molecular weight is 517 g/mol. The van der Waals surface area contributed by atoms with Crippen molar-refractivity contribution in [3.8, 4) is 11.4 Å². The van der Waals surface area contributed by atoms with Crippen molar-refractivity contribution in [1.29, 1.82) is 0 Å². The van der Waals surface area contributed by atoms with E-state index in [0.717, 1.165) is 70.5 Å². The lowest BCUT2D eigenvalue weighted by Crippen LogP contribution is -2.47. The first-order chi connectivity index (χ1) is 17.7. The number of aromatic amines is 1. The van der Waals surface area contributed by atoms with Crippen LogP contribution in [0.15, 0.2) is 24.7 Å². The number of alkyl halides is 3. The number of nitrogens with zero attached hydrogens (tertiary/aromatic N) is 6. The number of piperidine rings is 1. The normalized spacial score (nSPS) is 20.1. The van der Waals surface area contributed by atoms with E-state index in [1.54, 1.807) is 18.5 Å². The molecular weight excluding hydrogens is 485 g/mol. The van der Waals surface area contributed by atoms with Gasteiger partial charge in [-0.15, -0.1) is 0 Å². The van der Waals surface area contributed by atoms with Crippen molar-refractivity contribution < 1.29 is 18.0 Å². The molecule has 1 aliphatic carbocycles.